The van der Waals surface area contributed by atoms with E-state index in [9.17, 15) is 9.59 Å². The van der Waals surface area contributed by atoms with Crippen molar-refractivity contribution in [3.63, 3.8) is 0 Å². The monoisotopic (exact) mass is 417 g/mol. The normalized spacial score (nSPS) is 22.0. The molecule has 2 aliphatic rings. The molecule has 158 valence electrons. The number of thioether (sulfide) groups is 1. The molecule has 0 aliphatic carbocycles. The van der Waals surface area contributed by atoms with E-state index in [2.05, 4.69) is 35.6 Å². The predicted octanol–water partition coefficient (Wildman–Crippen LogP) is 3.33. The Hall–Kier alpha value is -1.83. The van der Waals surface area contributed by atoms with Crippen LogP contribution in [-0.4, -0.2) is 54.2 Å². The van der Waals surface area contributed by atoms with Gasteiger partial charge in [0.2, 0.25) is 5.91 Å². The molecule has 2 N–H and O–H groups in total. The molecule has 29 heavy (non-hydrogen) atoms. The first-order valence-electron chi connectivity index (χ1n) is 10.4. The highest BCUT2D eigenvalue weighted by atomic mass is 32.2. The van der Waals surface area contributed by atoms with Crippen molar-refractivity contribution >= 4 is 22.9 Å². The second kappa shape index (κ2) is 10.8. The molecule has 2 amide bonds. The lowest BCUT2D eigenvalue weighted by molar-refractivity contribution is -0.118. The lowest BCUT2D eigenvalue weighted by Gasteiger charge is -2.31. The summed E-state index contributed by atoms with van der Waals surface area (Å²) in [6, 6.07) is 7.77. The van der Waals surface area contributed by atoms with Gasteiger partial charge in [-0.1, -0.05) is 48.9 Å². The molecule has 1 aromatic carbocycles. The van der Waals surface area contributed by atoms with Gasteiger partial charge < -0.3 is 4.74 Å². The average Bonchev–Trinajstić information content (AvgIpc) is 3.04. The molecule has 2 heterocycles. The number of likely N-dealkylation sites (N-methyl/N-ethyl adjacent to an activating group) is 1. The summed E-state index contributed by atoms with van der Waals surface area (Å²) in [5.74, 6) is 0.618. The lowest BCUT2D eigenvalue weighted by Crippen LogP contribution is -2.47. The van der Waals surface area contributed by atoms with Crippen LogP contribution in [0.3, 0.4) is 0 Å². The van der Waals surface area contributed by atoms with E-state index in [1.54, 1.807) is 0 Å². The minimum Gasteiger partial charge on any atom is -0.492 e. The second-order valence-electron chi connectivity index (χ2n) is 7.66. The molecule has 1 fully saturated rings. The zero-order valence-corrected chi connectivity index (χ0v) is 18.1. The molecule has 3 rings (SSSR count). The van der Waals surface area contributed by atoms with E-state index in [4.69, 9.17) is 4.74 Å². The molecule has 2 aliphatic heterocycles. The maximum atomic E-state index is 11.7. The van der Waals surface area contributed by atoms with E-state index in [1.165, 1.54) is 24.8 Å². The summed E-state index contributed by atoms with van der Waals surface area (Å²) < 4.78 is 5.88. The second-order valence-corrected chi connectivity index (χ2v) is 8.83. The number of nitrogens with zero attached hydrogens (tertiary/aromatic N) is 1. The van der Waals surface area contributed by atoms with Crippen molar-refractivity contribution in [1.82, 2.24) is 15.5 Å². The maximum Gasteiger partial charge on any atom is 0.286 e. The minimum absolute atomic E-state index is 0.202. The van der Waals surface area contributed by atoms with Crippen LogP contribution in [0.4, 0.5) is 4.79 Å². The highest BCUT2D eigenvalue weighted by Gasteiger charge is 2.31. The third-order valence-electron chi connectivity index (χ3n) is 5.40. The van der Waals surface area contributed by atoms with Gasteiger partial charge in [0, 0.05) is 13.1 Å². The van der Waals surface area contributed by atoms with Crippen molar-refractivity contribution in [2.75, 3.05) is 26.7 Å². The Morgan fingerprint density at radius 3 is 2.66 bits per heavy atom. The van der Waals surface area contributed by atoms with Crippen LogP contribution in [0, 0.1) is 0 Å². The van der Waals surface area contributed by atoms with E-state index in [-0.39, 0.29) is 16.4 Å². The van der Waals surface area contributed by atoms with Gasteiger partial charge in [0.25, 0.3) is 5.24 Å². The van der Waals surface area contributed by atoms with Crippen molar-refractivity contribution in [1.29, 1.82) is 0 Å². The van der Waals surface area contributed by atoms with Crippen molar-refractivity contribution in [3.05, 3.63) is 41.5 Å². The van der Waals surface area contributed by atoms with Crippen LogP contribution in [0.1, 0.15) is 38.2 Å². The standard InChI is InChI=1S/C22H31N3O3S/c1-3-4-5-17-8-11-20(23-15-17)25(2)12-13-28-18-9-6-16(7-10-18)14-19-21(26)24-22(27)29-19/h6-10,19-20,23H,3-5,11-15H2,1-2H3,(H,24,26,27). The first-order valence-corrected chi connectivity index (χ1v) is 11.3. The van der Waals surface area contributed by atoms with Crippen molar-refractivity contribution in [3.8, 4) is 5.75 Å². The fourth-order valence-electron chi connectivity index (χ4n) is 3.54. The number of carbonyl (C=O) groups is 2. The number of imide groups is 1. The Kier molecular flexibility index (Phi) is 8.15. The summed E-state index contributed by atoms with van der Waals surface area (Å²) in [5, 5.41) is 5.35. The van der Waals surface area contributed by atoms with E-state index in [0.717, 1.165) is 42.6 Å². The van der Waals surface area contributed by atoms with Gasteiger partial charge >= 0.3 is 0 Å². The first-order chi connectivity index (χ1) is 14.0. The van der Waals surface area contributed by atoms with E-state index in [0.29, 0.717) is 19.2 Å². The molecule has 0 spiro atoms. The zero-order valence-electron chi connectivity index (χ0n) is 17.3. The largest absolute Gasteiger partial charge is 0.492 e. The first kappa shape index (κ1) is 21.9. The summed E-state index contributed by atoms with van der Waals surface area (Å²) in [4.78, 5) is 25.2. The Labute approximate surface area is 177 Å². The van der Waals surface area contributed by atoms with Gasteiger partial charge in [-0.25, -0.2) is 0 Å². The topological polar surface area (TPSA) is 70.7 Å². The van der Waals surface area contributed by atoms with Crippen LogP contribution < -0.4 is 15.4 Å². The SMILES string of the molecule is CCCCC1=CCC(N(C)CCOc2ccc(CC3SC(=O)NC3=O)cc2)NC1. The molecule has 2 atom stereocenters. The summed E-state index contributed by atoms with van der Waals surface area (Å²) in [6.07, 6.45) is 8.07. The van der Waals surface area contributed by atoms with Gasteiger partial charge in [-0.15, -0.1) is 0 Å². The molecule has 0 bridgehead atoms. The van der Waals surface area contributed by atoms with Crippen LogP contribution in [0.25, 0.3) is 0 Å². The Morgan fingerprint density at radius 1 is 1.24 bits per heavy atom. The van der Waals surface area contributed by atoms with Crippen LogP contribution in [0.15, 0.2) is 35.9 Å². The molecule has 2 unspecified atom stereocenters. The quantitative estimate of drug-likeness (QED) is 0.569. The molecule has 1 aromatic rings. The van der Waals surface area contributed by atoms with Gasteiger partial charge in [0.15, 0.2) is 0 Å². The number of rotatable bonds is 10. The van der Waals surface area contributed by atoms with Crippen LogP contribution in [0.5, 0.6) is 5.75 Å². The summed E-state index contributed by atoms with van der Waals surface area (Å²) in [5.41, 5.74) is 2.56. The van der Waals surface area contributed by atoms with Gasteiger partial charge in [0.05, 0.1) is 11.4 Å². The average molecular weight is 418 g/mol. The molecule has 7 heteroatoms. The highest BCUT2D eigenvalue weighted by molar-refractivity contribution is 8.15. The van der Waals surface area contributed by atoms with E-state index >= 15 is 0 Å². The number of amides is 2. The summed E-state index contributed by atoms with van der Waals surface area (Å²) in [6.45, 7) is 4.69. The molecule has 0 aromatic heterocycles. The number of unbranched alkanes of at least 4 members (excludes halogenated alkanes) is 1. The number of carbonyl (C=O) groups excluding carboxylic acids is 2. The van der Waals surface area contributed by atoms with Gasteiger partial charge in [-0.2, -0.15) is 0 Å². The summed E-state index contributed by atoms with van der Waals surface area (Å²) in [7, 11) is 2.13. The summed E-state index contributed by atoms with van der Waals surface area (Å²) >= 11 is 1.06. The molecule has 0 radical (unpaired) electrons. The van der Waals surface area contributed by atoms with Gasteiger partial charge in [-0.3, -0.25) is 25.1 Å². The fraction of sp³-hybridized carbons (Fsp3) is 0.545. The van der Waals surface area contributed by atoms with Crippen LogP contribution in [-0.2, 0) is 11.2 Å². The highest BCUT2D eigenvalue weighted by Crippen LogP contribution is 2.24. The van der Waals surface area contributed by atoms with Crippen molar-refractivity contribution in [2.24, 2.45) is 0 Å². The maximum absolute atomic E-state index is 11.7. The van der Waals surface area contributed by atoms with Crippen LogP contribution in [0.2, 0.25) is 0 Å². The number of ether oxygens (including phenoxy) is 1. The Balaban J connectivity index is 1.37. The Morgan fingerprint density at radius 2 is 2.03 bits per heavy atom. The third kappa shape index (κ3) is 6.59. The van der Waals surface area contributed by atoms with Gasteiger partial charge in [-0.05, 0) is 50.4 Å². The van der Waals surface area contributed by atoms with E-state index in [1.807, 2.05) is 24.3 Å². The van der Waals surface area contributed by atoms with Crippen molar-refractivity contribution in [2.45, 2.75) is 50.4 Å². The number of benzene rings is 1. The van der Waals surface area contributed by atoms with Crippen LogP contribution >= 0.6 is 11.8 Å². The number of hydrogen-bond acceptors (Lipinski definition) is 6. The van der Waals surface area contributed by atoms with E-state index < -0.39 is 0 Å². The minimum atomic E-state index is -0.331. The number of hydrogen-bond donors (Lipinski definition) is 2. The predicted molar refractivity (Wildman–Crippen MR) is 117 cm³/mol. The smallest absolute Gasteiger partial charge is 0.286 e. The molecule has 6 nitrogen and oxygen atoms in total. The Bertz CT molecular complexity index is 735. The molecular weight excluding hydrogens is 386 g/mol. The van der Waals surface area contributed by atoms with Gasteiger partial charge in [0.1, 0.15) is 12.4 Å². The lowest BCUT2D eigenvalue weighted by atomic mass is 10.0. The zero-order chi connectivity index (χ0) is 20.6. The molecule has 1 saturated heterocycles. The fourth-order valence-corrected chi connectivity index (χ4v) is 4.40. The molecule has 0 saturated carbocycles. The number of nitrogens with one attached hydrogen (secondary N) is 2. The van der Waals surface area contributed by atoms with Crippen molar-refractivity contribution < 1.29 is 14.3 Å². The third-order valence-corrected chi connectivity index (χ3v) is 6.38. The molecular formula is C22H31N3O3S.